The van der Waals surface area contributed by atoms with Crippen LogP contribution in [0, 0.1) is 22.7 Å². The summed E-state index contributed by atoms with van der Waals surface area (Å²) in [5, 5.41) is 14.1. The Kier molecular flexibility index (Phi) is 7.44. The lowest BCUT2D eigenvalue weighted by molar-refractivity contribution is -0.152. The molecule has 1 amide bonds. The summed E-state index contributed by atoms with van der Waals surface area (Å²) in [6, 6.07) is 5.11. The molecule has 0 aliphatic carbocycles. The van der Waals surface area contributed by atoms with Crippen molar-refractivity contribution in [3.05, 3.63) is 35.6 Å². The summed E-state index contributed by atoms with van der Waals surface area (Å²) in [5.41, 5.74) is -0.372. The fourth-order valence-corrected chi connectivity index (χ4v) is 6.82. The number of benzene rings is 1. The summed E-state index contributed by atoms with van der Waals surface area (Å²) in [6.45, 7) is 24.3. The van der Waals surface area contributed by atoms with Gasteiger partial charge < -0.3 is 19.9 Å². The molecule has 7 nitrogen and oxygen atoms in total. The van der Waals surface area contributed by atoms with Gasteiger partial charge in [0.15, 0.2) is 0 Å². The van der Waals surface area contributed by atoms with Crippen LogP contribution in [-0.4, -0.2) is 52.2 Å². The lowest BCUT2D eigenvalue weighted by atomic mass is 9.55. The molecule has 1 aromatic rings. The van der Waals surface area contributed by atoms with Crippen molar-refractivity contribution < 1.29 is 24.2 Å². The summed E-state index contributed by atoms with van der Waals surface area (Å²) < 4.78 is 12.1. The van der Waals surface area contributed by atoms with Gasteiger partial charge in [-0.15, -0.1) is 0 Å². The molecule has 2 N–H and O–H groups in total. The topological polar surface area (TPSA) is 88.1 Å². The molecule has 4 rings (SSSR count). The van der Waals surface area contributed by atoms with Crippen LogP contribution in [0.2, 0.25) is 0 Å². The number of nitrogens with zero attached hydrogens (tertiary/aromatic N) is 1. The maximum absolute atomic E-state index is 13.9. The van der Waals surface area contributed by atoms with Gasteiger partial charge in [0.05, 0.1) is 22.9 Å². The van der Waals surface area contributed by atoms with Crippen LogP contribution in [0.1, 0.15) is 94.6 Å². The van der Waals surface area contributed by atoms with E-state index in [4.69, 9.17) is 9.47 Å². The highest BCUT2D eigenvalue weighted by Gasteiger charge is 2.63. The van der Waals surface area contributed by atoms with Gasteiger partial charge in [-0.3, -0.25) is 9.69 Å². The van der Waals surface area contributed by atoms with Crippen LogP contribution in [0.4, 0.5) is 5.69 Å². The number of fused-ring (bicyclic) bond motifs is 4. The molecule has 3 aliphatic rings. The van der Waals surface area contributed by atoms with Gasteiger partial charge >= 0.3 is 5.97 Å². The third-order valence-corrected chi connectivity index (χ3v) is 9.77. The molecule has 0 aromatic heterocycles. The minimum atomic E-state index is -0.875. The number of piperidine rings is 1. The first-order valence-electron chi connectivity index (χ1n) is 14.7. The fraction of sp³-hybridized carbons (Fsp3) is 0.697. The van der Waals surface area contributed by atoms with Crippen molar-refractivity contribution in [2.75, 3.05) is 18.4 Å². The first-order valence-corrected chi connectivity index (χ1v) is 14.7. The number of carbonyl (C=O) groups excluding carboxylic acids is 2. The molecule has 40 heavy (non-hydrogen) atoms. The third kappa shape index (κ3) is 5.26. The Morgan fingerprint density at radius 3 is 2.27 bits per heavy atom. The smallest absolute Gasteiger partial charge is 0.337 e. The van der Waals surface area contributed by atoms with E-state index in [1.165, 1.54) is 0 Å². The number of phenolic OH excluding ortho intramolecular Hbond substituents is 1. The fourth-order valence-electron chi connectivity index (χ4n) is 6.82. The highest BCUT2D eigenvalue weighted by Crippen LogP contribution is 2.59. The van der Waals surface area contributed by atoms with Gasteiger partial charge in [-0.1, -0.05) is 40.7 Å². The second-order valence-corrected chi connectivity index (χ2v) is 15.6. The first-order chi connectivity index (χ1) is 18.2. The monoisotopic (exact) mass is 554 g/mol. The highest BCUT2D eigenvalue weighted by molar-refractivity contribution is 6.08. The van der Waals surface area contributed by atoms with E-state index in [2.05, 4.69) is 44.8 Å². The minimum Gasteiger partial charge on any atom is -0.508 e. The molecule has 2 fully saturated rings. The predicted octanol–water partition coefficient (Wildman–Crippen LogP) is 6.41. The van der Waals surface area contributed by atoms with E-state index >= 15 is 0 Å². The number of hydrogen-bond donors (Lipinski definition) is 2. The van der Waals surface area contributed by atoms with Crippen molar-refractivity contribution in [2.24, 2.45) is 22.7 Å². The van der Waals surface area contributed by atoms with Gasteiger partial charge in [0, 0.05) is 29.8 Å². The molecule has 222 valence electrons. The molecule has 4 atom stereocenters. The lowest BCUT2D eigenvalue weighted by Gasteiger charge is -2.54. The van der Waals surface area contributed by atoms with Gasteiger partial charge in [0.2, 0.25) is 5.91 Å². The Hall–Kier alpha value is -2.54. The molecule has 7 heteroatoms. The Bertz CT molecular complexity index is 1200. The molecule has 2 saturated heterocycles. The van der Waals surface area contributed by atoms with Crippen LogP contribution in [-0.2, 0) is 24.5 Å². The summed E-state index contributed by atoms with van der Waals surface area (Å²) in [7, 11) is 0. The number of rotatable bonds is 4. The number of esters is 1. The largest absolute Gasteiger partial charge is 0.508 e. The number of nitrogens with one attached hydrogen (secondary N) is 1. The number of amides is 1. The van der Waals surface area contributed by atoms with Crippen molar-refractivity contribution in [1.82, 2.24) is 4.90 Å². The van der Waals surface area contributed by atoms with Gasteiger partial charge in [-0.25, -0.2) is 4.79 Å². The number of carbonyl (C=O) groups is 2. The van der Waals surface area contributed by atoms with Crippen molar-refractivity contribution in [1.29, 1.82) is 0 Å². The van der Waals surface area contributed by atoms with E-state index in [9.17, 15) is 14.7 Å². The zero-order valence-corrected chi connectivity index (χ0v) is 26.4. The van der Waals surface area contributed by atoms with Crippen molar-refractivity contribution in [3.63, 3.8) is 0 Å². The average Bonchev–Trinajstić information content (AvgIpc) is 3.29. The number of ether oxygens (including phenoxy) is 2. The molecule has 0 radical (unpaired) electrons. The van der Waals surface area contributed by atoms with Gasteiger partial charge in [0.25, 0.3) is 0 Å². The minimum absolute atomic E-state index is 0.0559. The van der Waals surface area contributed by atoms with E-state index in [0.29, 0.717) is 29.7 Å². The molecular weight excluding hydrogens is 504 g/mol. The molecule has 0 bridgehead atoms. The Morgan fingerprint density at radius 1 is 1.05 bits per heavy atom. The Morgan fingerprint density at radius 2 is 1.70 bits per heavy atom. The van der Waals surface area contributed by atoms with Crippen LogP contribution in [0.15, 0.2) is 30.0 Å². The number of phenols is 1. The molecule has 0 saturated carbocycles. The summed E-state index contributed by atoms with van der Waals surface area (Å²) in [4.78, 5) is 30.1. The second-order valence-electron chi connectivity index (χ2n) is 15.6. The van der Waals surface area contributed by atoms with Gasteiger partial charge in [0.1, 0.15) is 11.4 Å². The Balaban J connectivity index is 1.87. The van der Waals surface area contributed by atoms with Gasteiger partial charge in [-0.05, 0) is 89.8 Å². The van der Waals surface area contributed by atoms with E-state index in [1.807, 2.05) is 47.6 Å². The molecule has 1 spiro atoms. The number of anilines is 1. The normalized spacial score (nSPS) is 27.8. The standard InChI is InChI=1S/C33H50N2O5/c1-29(2,3)32(10,11)22-18-35-16-15-33(26-23(34-28(33)38)13-12-14-24(26)36)25(35)17-20(22)21(19-39-30(4,5)6)27(37)40-31(7,8)9/h12-14,19-20,22,25,36H,15-18H2,1-11H3,(H,34,38)/b21-19+/t20-,22+,25-,33-/m1/s1. The quantitative estimate of drug-likeness (QED) is 0.254. The highest BCUT2D eigenvalue weighted by atomic mass is 16.6. The van der Waals surface area contributed by atoms with Crippen LogP contribution in [0.3, 0.4) is 0 Å². The summed E-state index contributed by atoms with van der Waals surface area (Å²) in [5.74, 6) is -0.432. The third-order valence-electron chi connectivity index (χ3n) is 9.77. The average molecular weight is 555 g/mol. The molecule has 3 aliphatic heterocycles. The molecule has 0 unspecified atom stereocenters. The van der Waals surface area contributed by atoms with E-state index in [-0.39, 0.29) is 46.3 Å². The maximum Gasteiger partial charge on any atom is 0.337 e. The Labute approximate surface area is 240 Å². The second kappa shape index (κ2) is 9.78. The van der Waals surface area contributed by atoms with Crippen LogP contribution in [0.5, 0.6) is 5.75 Å². The SMILES string of the molecule is CC(C)(C)O/C=C(/C(=O)OC(C)(C)C)[C@H]1C[C@H]2N(CC[C@@]23C(=O)Nc2cccc(O)c23)C[C@@H]1C(C)(C)C(C)(C)C. The van der Waals surface area contributed by atoms with E-state index < -0.39 is 16.6 Å². The van der Waals surface area contributed by atoms with Crippen molar-refractivity contribution >= 4 is 17.6 Å². The zero-order chi connectivity index (χ0) is 30.1. The van der Waals surface area contributed by atoms with Crippen LogP contribution >= 0.6 is 0 Å². The lowest BCUT2D eigenvalue weighted by Crippen LogP contribution is -2.58. The summed E-state index contributed by atoms with van der Waals surface area (Å²) in [6.07, 6.45) is 2.82. The van der Waals surface area contributed by atoms with Crippen molar-refractivity contribution in [3.8, 4) is 5.75 Å². The van der Waals surface area contributed by atoms with Gasteiger partial charge in [-0.2, -0.15) is 0 Å². The van der Waals surface area contributed by atoms with Crippen LogP contribution in [0.25, 0.3) is 0 Å². The summed E-state index contributed by atoms with van der Waals surface area (Å²) >= 11 is 0. The maximum atomic E-state index is 13.9. The molecular formula is C33H50N2O5. The predicted molar refractivity (Wildman–Crippen MR) is 158 cm³/mol. The van der Waals surface area contributed by atoms with E-state index in [0.717, 1.165) is 13.1 Å². The van der Waals surface area contributed by atoms with Crippen LogP contribution < -0.4 is 5.32 Å². The number of aromatic hydroxyl groups is 1. The first kappa shape index (κ1) is 30.4. The van der Waals surface area contributed by atoms with E-state index in [1.54, 1.807) is 18.4 Å². The molecule has 1 aromatic carbocycles. The van der Waals surface area contributed by atoms with Crippen molar-refractivity contribution in [2.45, 2.75) is 112 Å². The zero-order valence-electron chi connectivity index (χ0n) is 26.4. The number of hydrogen-bond acceptors (Lipinski definition) is 6. The molecule has 3 heterocycles.